The van der Waals surface area contributed by atoms with Crippen molar-refractivity contribution >= 4 is 35.0 Å². The molecule has 4 heterocycles. The van der Waals surface area contributed by atoms with Crippen molar-refractivity contribution in [3.8, 4) is 0 Å². The average Bonchev–Trinajstić information content (AvgIpc) is 3.24. The molecule has 1 N–H and O–H groups in total. The summed E-state index contributed by atoms with van der Waals surface area (Å²) in [6, 6.07) is 3.69. The number of aromatic amines is 1. The lowest BCUT2D eigenvalue weighted by Gasteiger charge is -2.23. The van der Waals surface area contributed by atoms with Crippen molar-refractivity contribution in [3.63, 3.8) is 0 Å². The molecular formula is C26H31N3O7. The smallest absolute Gasteiger partial charge is 0.458 e. The Labute approximate surface area is 209 Å². The molecule has 0 spiro atoms. The molecule has 0 saturated carbocycles. The lowest BCUT2D eigenvalue weighted by Crippen LogP contribution is -2.28. The van der Waals surface area contributed by atoms with Gasteiger partial charge in [-0.1, -0.05) is 12.8 Å². The Hall–Kier alpha value is -3.82. The van der Waals surface area contributed by atoms with Gasteiger partial charge in [0.05, 0.1) is 0 Å². The number of carbonyl (C=O) groups excluding carboxylic acids is 3. The molecule has 0 radical (unpaired) electrons. The zero-order chi connectivity index (χ0) is 25.7. The first kappa shape index (κ1) is 25.3. The molecule has 10 nitrogen and oxygen atoms in total. The number of allylic oxidation sites excluding steroid dienone is 1. The molecule has 2 aromatic rings. The van der Waals surface area contributed by atoms with E-state index < -0.39 is 23.5 Å². The third kappa shape index (κ3) is 6.05. The number of carbonyl (C=O) groups is 3. The second kappa shape index (κ2) is 10.8. The summed E-state index contributed by atoms with van der Waals surface area (Å²) < 4.78 is 21.3. The number of esters is 1. The first-order chi connectivity index (χ1) is 17.2. The van der Waals surface area contributed by atoms with E-state index in [2.05, 4.69) is 9.97 Å². The maximum absolute atomic E-state index is 13.3. The number of nitrogens with zero attached hydrogens (tertiary/aromatic N) is 2. The van der Waals surface area contributed by atoms with E-state index in [0.717, 1.165) is 36.6 Å². The Kier molecular flexibility index (Phi) is 7.61. The fourth-order valence-corrected chi connectivity index (χ4v) is 4.04. The molecule has 0 amide bonds. The van der Waals surface area contributed by atoms with Crippen LogP contribution in [0.25, 0.3) is 17.1 Å². The Morgan fingerprint density at radius 1 is 1.14 bits per heavy atom. The van der Waals surface area contributed by atoms with Crippen molar-refractivity contribution in [2.24, 2.45) is 0 Å². The van der Waals surface area contributed by atoms with Gasteiger partial charge in [0.1, 0.15) is 24.5 Å². The number of ether oxygens (including phenoxy) is 4. The number of H-pyrrole nitrogens is 1. The topological polar surface area (TPSA) is 120 Å². The Morgan fingerprint density at radius 3 is 2.58 bits per heavy atom. The summed E-state index contributed by atoms with van der Waals surface area (Å²) >= 11 is 0. The van der Waals surface area contributed by atoms with Gasteiger partial charge in [0.15, 0.2) is 11.3 Å². The normalized spacial score (nSPS) is 17.8. The highest BCUT2D eigenvalue weighted by Gasteiger charge is 2.39. The summed E-state index contributed by atoms with van der Waals surface area (Å²) in [5.41, 5.74) is 0.549. The van der Waals surface area contributed by atoms with Crippen LogP contribution in [-0.4, -0.2) is 64.7 Å². The Bertz CT molecular complexity index is 1200. The van der Waals surface area contributed by atoms with Gasteiger partial charge in [-0.15, -0.1) is 0 Å². The number of aromatic nitrogens is 2. The predicted molar refractivity (Wildman–Crippen MR) is 130 cm³/mol. The van der Waals surface area contributed by atoms with E-state index in [1.54, 1.807) is 45.3 Å². The number of likely N-dealkylation sites (tertiary alicyclic amines) is 1. The van der Waals surface area contributed by atoms with Crippen molar-refractivity contribution in [3.05, 3.63) is 47.3 Å². The van der Waals surface area contributed by atoms with Gasteiger partial charge in [0.2, 0.25) is 11.7 Å². The number of fused-ring (bicyclic) bond motifs is 1. The van der Waals surface area contributed by atoms with Crippen LogP contribution in [0.1, 0.15) is 52.0 Å². The van der Waals surface area contributed by atoms with Gasteiger partial charge in [0, 0.05) is 36.4 Å². The van der Waals surface area contributed by atoms with E-state index in [1.165, 1.54) is 0 Å². The molecule has 0 atom stereocenters. The third-order valence-corrected chi connectivity index (χ3v) is 5.66. The maximum atomic E-state index is 13.3. The molecular weight excluding hydrogens is 466 g/mol. The number of pyridine rings is 1. The van der Waals surface area contributed by atoms with E-state index in [0.29, 0.717) is 18.7 Å². The molecule has 10 heteroatoms. The number of hydrogen-bond acceptors (Lipinski definition) is 9. The summed E-state index contributed by atoms with van der Waals surface area (Å²) in [4.78, 5) is 47.3. The molecule has 36 heavy (non-hydrogen) atoms. The van der Waals surface area contributed by atoms with E-state index in [9.17, 15) is 14.4 Å². The molecule has 0 unspecified atom stereocenters. The Balaban J connectivity index is 1.50. The summed E-state index contributed by atoms with van der Waals surface area (Å²) in [7, 11) is 0. The second-order valence-corrected chi connectivity index (χ2v) is 9.61. The van der Waals surface area contributed by atoms with Gasteiger partial charge in [-0.25, -0.2) is 14.6 Å². The second-order valence-electron chi connectivity index (χ2n) is 9.61. The van der Waals surface area contributed by atoms with Gasteiger partial charge in [-0.2, -0.15) is 0 Å². The van der Waals surface area contributed by atoms with Crippen molar-refractivity contribution in [1.82, 2.24) is 14.9 Å². The van der Waals surface area contributed by atoms with E-state index in [4.69, 9.17) is 18.9 Å². The molecule has 4 rings (SSSR count). The van der Waals surface area contributed by atoms with Gasteiger partial charge in [-0.05, 0) is 51.8 Å². The number of hydrogen-bond donors (Lipinski definition) is 1. The number of rotatable bonds is 6. The molecule has 1 saturated heterocycles. The van der Waals surface area contributed by atoms with E-state index >= 15 is 0 Å². The third-order valence-electron chi connectivity index (χ3n) is 5.66. The van der Waals surface area contributed by atoms with Crippen LogP contribution in [0.4, 0.5) is 4.79 Å². The van der Waals surface area contributed by atoms with Crippen molar-refractivity contribution in [2.45, 2.75) is 52.1 Å². The molecule has 192 valence electrons. The first-order valence-corrected chi connectivity index (χ1v) is 12.1. The van der Waals surface area contributed by atoms with Crippen LogP contribution in [-0.2, 0) is 28.5 Å². The lowest BCUT2D eigenvalue weighted by molar-refractivity contribution is -0.141. The summed E-state index contributed by atoms with van der Waals surface area (Å²) in [6.45, 7) is 6.07. The molecule has 0 bridgehead atoms. The Morgan fingerprint density at radius 2 is 1.86 bits per heavy atom. The highest BCUT2D eigenvalue weighted by atomic mass is 16.7. The standard InChI is InChI=1S/C26H31N3O7/c1-26(2,3)36-25(32)34-14-13-33-24(31)20-21(30)19(35-23(20)29-11-6-4-5-7-12-29)15-17-16-28-22-18(17)9-8-10-27-22/h8-10,15-16H,4-7,11-14H2,1-3H3,(H,27,28)/b19-15-. The van der Waals surface area contributed by atoms with Crippen LogP contribution in [0.5, 0.6) is 0 Å². The number of nitrogens with one attached hydrogen (secondary N) is 1. The largest absolute Gasteiger partial charge is 0.508 e. The van der Waals surface area contributed by atoms with Gasteiger partial charge in [-0.3, -0.25) is 4.79 Å². The predicted octanol–water partition coefficient (Wildman–Crippen LogP) is 4.09. The molecule has 0 aromatic carbocycles. The van der Waals surface area contributed by atoms with Crippen LogP contribution in [0, 0.1) is 0 Å². The maximum Gasteiger partial charge on any atom is 0.508 e. The van der Waals surface area contributed by atoms with Gasteiger partial charge < -0.3 is 28.8 Å². The van der Waals surface area contributed by atoms with Crippen LogP contribution in [0.2, 0.25) is 0 Å². The molecule has 0 aliphatic carbocycles. The molecule has 2 aliphatic heterocycles. The fraction of sp³-hybridized carbons (Fsp3) is 0.462. The van der Waals surface area contributed by atoms with Crippen LogP contribution in [0.15, 0.2) is 41.7 Å². The van der Waals surface area contributed by atoms with Crippen molar-refractivity contribution in [2.75, 3.05) is 26.3 Å². The SMILES string of the molecule is CC(C)(C)OC(=O)OCCOC(=O)C1=C(N2CCCCCC2)O/C(=C\c2c[nH]c3ncccc23)C1=O. The van der Waals surface area contributed by atoms with Crippen molar-refractivity contribution < 1.29 is 33.3 Å². The minimum Gasteiger partial charge on any atom is -0.458 e. The van der Waals surface area contributed by atoms with E-state index in [1.807, 2.05) is 11.0 Å². The summed E-state index contributed by atoms with van der Waals surface area (Å²) in [6.07, 6.45) is 8.16. The minimum absolute atomic E-state index is 0.0379. The van der Waals surface area contributed by atoms with Crippen LogP contribution >= 0.6 is 0 Å². The molecule has 2 aliphatic rings. The fourth-order valence-electron chi connectivity index (χ4n) is 4.04. The zero-order valence-electron chi connectivity index (χ0n) is 20.8. The summed E-state index contributed by atoms with van der Waals surface area (Å²) in [5.74, 6) is -1.12. The lowest BCUT2D eigenvalue weighted by atomic mass is 10.1. The van der Waals surface area contributed by atoms with E-state index in [-0.39, 0.29) is 30.4 Å². The zero-order valence-corrected chi connectivity index (χ0v) is 20.8. The average molecular weight is 498 g/mol. The van der Waals surface area contributed by atoms with Gasteiger partial charge in [0.25, 0.3) is 0 Å². The molecule has 2 aromatic heterocycles. The van der Waals surface area contributed by atoms with Gasteiger partial charge >= 0.3 is 12.1 Å². The monoisotopic (exact) mass is 497 g/mol. The van der Waals surface area contributed by atoms with Crippen molar-refractivity contribution in [1.29, 1.82) is 0 Å². The molecule has 1 fully saturated rings. The quantitative estimate of drug-likeness (QED) is 0.272. The summed E-state index contributed by atoms with van der Waals surface area (Å²) in [5, 5.41) is 0.827. The van der Waals surface area contributed by atoms with Crippen LogP contribution in [0.3, 0.4) is 0 Å². The number of Topliss-reactive ketones (excluding diaryl/α,β-unsaturated/α-hetero) is 1. The highest BCUT2D eigenvalue weighted by Crippen LogP contribution is 2.32. The number of ketones is 1. The van der Waals surface area contributed by atoms with Crippen LogP contribution < -0.4 is 0 Å². The minimum atomic E-state index is -0.860. The first-order valence-electron chi connectivity index (χ1n) is 12.1. The highest BCUT2D eigenvalue weighted by molar-refractivity contribution is 6.26.